The molecule has 3 aromatic rings. The quantitative estimate of drug-likeness (QED) is 0.719. The number of piperazine rings is 1. The van der Waals surface area contributed by atoms with Crippen LogP contribution in [0.2, 0.25) is 0 Å². The molecule has 1 atom stereocenters. The Morgan fingerprint density at radius 2 is 1.90 bits per heavy atom. The lowest BCUT2D eigenvalue weighted by molar-refractivity contribution is 0.0935. The largest absolute Gasteiger partial charge is 0.369 e. The van der Waals surface area contributed by atoms with Gasteiger partial charge in [-0.05, 0) is 39.0 Å². The molecule has 4 rings (SSSR count). The maximum atomic E-state index is 12.9. The molecule has 0 spiro atoms. The Labute approximate surface area is 170 Å². The highest BCUT2D eigenvalue weighted by Gasteiger charge is 2.23. The Balaban J connectivity index is 1.35. The van der Waals surface area contributed by atoms with Crippen LogP contribution in [0.4, 0.5) is 5.69 Å². The average Bonchev–Trinajstić information content (AvgIpc) is 3.12. The summed E-state index contributed by atoms with van der Waals surface area (Å²) in [6.07, 6.45) is 0. The number of benzene rings is 1. The number of pyridine rings is 1. The molecule has 0 aliphatic carbocycles. The average molecular weight is 393 g/mol. The van der Waals surface area contributed by atoms with Crippen molar-refractivity contribution < 1.29 is 9.32 Å². The van der Waals surface area contributed by atoms with Crippen LogP contribution in [0.25, 0.3) is 11.1 Å². The summed E-state index contributed by atoms with van der Waals surface area (Å²) in [5.41, 5.74) is 3.69. The first-order chi connectivity index (χ1) is 14.0. The van der Waals surface area contributed by atoms with Crippen LogP contribution in [-0.4, -0.2) is 59.7 Å². The van der Waals surface area contributed by atoms with Crippen LogP contribution in [0, 0.1) is 13.8 Å². The zero-order chi connectivity index (χ0) is 20.4. The van der Waals surface area contributed by atoms with E-state index < -0.39 is 0 Å². The van der Waals surface area contributed by atoms with Crippen LogP contribution < -0.4 is 10.2 Å². The molecule has 1 saturated heterocycles. The highest BCUT2D eigenvalue weighted by molar-refractivity contribution is 6.06. The third-order valence-electron chi connectivity index (χ3n) is 5.61. The van der Waals surface area contributed by atoms with E-state index in [1.54, 1.807) is 6.07 Å². The summed E-state index contributed by atoms with van der Waals surface area (Å²) >= 11 is 0. The molecular weight excluding hydrogens is 366 g/mol. The Kier molecular flexibility index (Phi) is 5.49. The molecule has 1 aliphatic rings. The van der Waals surface area contributed by atoms with Gasteiger partial charge < -0.3 is 14.7 Å². The summed E-state index contributed by atoms with van der Waals surface area (Å²) in [6, 6.07) is 12.6. The number of para-hydroxylation sites is 1. The molecule has 7 heteroatoms. The van der Waals surface area contributed by atoms with Crippen LogP contribution in [0.15, 0.2) is 40.9 Å². The van der Waals surface area contributed by atoms with Gasteiger partial charge in [0.25, 0.3) is 11.6 Å². The smallest absolute Gasteiger partial charge is 0.258 e. The van der Waals surface area contributed by atoms with Gasteiger partial charge in [0.15, 0.2) is 0 Å². The lowest BCUT2D eigenvalue weighted by Crippen LogP contribution is -2.52. The number of anilines is 1. The number of aryl methyl sites for hydroxylation is 2. The van der Waals surface area contributed by atoms with E-state index in [0.29, 0.717) is 28.9 Å². The van der Waals surface area contributed by atoms with Crippen molar-refractivity contribution >= 4 is 22.7 Å². The van der Waals surface area contributed by atoms with Crippen molar-refractivity contribution in [1.29, 1.82) is 0 Å². The Bertz CT molecular complexity index is 993. The van der Waals surface area contributed by atoms with Crippen molar-refractivity contribution in [2.75, 3.05) is 37.6 Å². The standard InChI is InChI=1S/C22H27N5O2/c1-15-13-19(20-17(3)25-29-22(20)24-15)21(28)23-14-16(2)26-9-11-27(12-10-26)18-7-5-4-6-8-18/h4-8,13,16H,9-12,14H2,1-3H3,(H,23,28)/t16-/m0/s1. The number of nitrogens with one attached hydrogen (secondary N) is 1. The van der Waals surface area contributed by atoms with Crippen LogP contribution in [0.5, 0.6) is 0 Å². The molecule has 0 unspecified atom stereocenters. The number of hydrogen-bond acceptors (Lipinski definition) is 6. The molecule has 1 fully saturated rings. The molecule has 1 amide bonds. The van der Waals surface area contributed by atoms with E-state index in [2.05, 4.69) is 56.4 Å². The number of carbonyl (C=O) groups excluding carboxylic acids is 1. The number of aromatic nitrogens is 2. The van der Waals surface area contributed by atoms with Crippen molar-refractivity contribution in [2.24, 2.45) is 0 Å². The minimum Gasteiger partial charge on any atom is -0.369 e. The van der Waals surface area contributed by atoms with Gasteiger partial charge in [-0.3, -0.25) is 9.69 Å². The molecule has 0 bridgehead atoms. The van der Waals surface area contributed by atoms with E-state index in [-0.39, 0.29) is 11.9 Å². The minimum atomic E-state index is -0.110. The molecule has 1 aliphatic heterocycles. The van der Waals surface area contributed by atoms with Gasteiger partial charge in [-0.2, -0.15) is 0 Å². The number of nitrogens with zero attached hydrogens (tertiary/aromatic N) is 4. The highest BCUT2D eigenvalue weighted by Crippen LogP contribution is 2.22. The van der Waals surface area contributed by atoms with Gasteiger partial charge in [0.2, 0.25) is 0 Å². The van der Waals surface area contributed by atoms with E-state index in [4.69, 9.17) is 4.52 Å². The van der Waals surface area contributed by atoms with Gasteiger partial charge in [-0.1, -0.05) is 23.4 Å². The predicted octanol–water partition coefficient (Wildman–Crippen LogP) is 2.78. The van der Waals surface area contributed by atoms with Crippen LogP contribution >= 0.6 is 0 Å². The van der Waals surface area contributed by atoms with Crippen LogP contribution in [0.3, 0.4) is 0 Å². The third kappa shape index (κ3) is 4.10. The fraction of sp³-hybridized carbons (Fsp3) is 0.409. The SMILES string of the molecule is Cc1cc(C(=O)NC[C@H](C)N2CCN(c3ccccc3)CC2)c2c(C)noc2n1. The first-order valence-corrected chi connectivity index (χ1v) is 10.1. The van der Waals surface area contributed by atoms with E-state index >= 15 is 0 Å². The van der Waals surface area contributed by atoms with E-state index in [1.807, 2.05) is 19.9 Å². The summed E-state index contributed by atoms with van der Waals surface area (Å²) in [6.45, 7) is 10.4. The van der Waals surface area contributed by atoms with Gasteiger partial charge in [0, 0.05) is 50.1 Å². The Morgan fingerprint density at radius 1 is 1.17 bits per heavy atom. The topological polar surface area (TPSA) is 74.5 Å². The van der Waals surface area contributed by atoms with Gasteiger partial charge in [0.1, 0.15) is 0 Å². The van der Waals surface area contributed by atoms with Crippen molar-refractivity contribution in [1.82, 2.24) is 20.4 Å². The normalized spacial score (nSPS) is 16.2. The second-order valence-electron chi connectivity index (χ2n) is 7.68. The minimum absolute atomic E-state index is 0.110. The van der Waals surface area contributed by atoms with E-state index in [0.717, 1.165) is 31.9 Å². The molecular formula is C22H27N5O2. The molecule has 3 heterocycles. The second-order valence-corrected chi connectivity index (χ2v) is 7.68. The van der Waals surface area contributed by atoms with E-state index in [9.17, 15) is 4.79 Å². The predicted molar refractivity (Wildman–Crippen MR) is 113 cm³/mol. The van der Waals surface area contributed by atoms with E-state index in [1.165, 1.54) is 5.69 Å². The Hall–Kier alpha value is -2.93. The lowest BCUT2D eigenvalue weighted by Gasteiger charge is -2.39. The Morgan fingerprint density at radius 3 is 2.62 bits per heavy atom. The fourth-order valence-corrected chi connectivity index (χ4v) is 3.92. The first kappa shape index (κ1) is 19.4. The first-order valence-electron chi connectivity index (χ1n) is 10.1. The molecule has 0 saturated carbocycles. The summed E-state index contributed by atoms with van der Waals surface area (Å²) in [7, 11) is 0. The monoisotopic (exact) mass is 393 g/mol. The summed E-state index contributed by atoms with van der Waals surface area (Å²) in [5, 5.41) is 7.73. The number of amides is 1. The van der Waals surface area contributed by atoms with Crippen molar-refractivity contribution in [3.63, 3.8) is 0 Å². The van der Waals surface area contributed by atoms with Crippen molar-refractivity contribution in [2.45, 2.75) is 26.8 Å². The zero-order valence-corrected chi connectivity index (χ0v) is 17.2. The molecule has 1 N–H and O–H groups in total. The summed E-state index contributed by atoms with van der Waals surface area (Å²) in [5.74, 6) is -0.110. The number of carbonyl (C=O) groups is 1. The number of fused-ring (bicyclic) bond motifs is 1. The van der Waals surface area contributed by atoms with Crippen molar-refractivity contribution in [3.05, 3.63) is 53.3 Å². The zero-order valence-electron chi connectivity index (χ0n) is 17.2. The molecule has 2 aromatic heterocycles. The number of hydrogen-bond donors (Lipinski definition) is 1. The molecule has 0 radical (unpaired) electrons. The third-order valence-corrected chi connectivity index (χ3v) is 5.61. The lowest BCUT2D eigenvalue weighted by atomic mass is 10.1. The second kappa shape index (κ2) is 8.21. The van der Waals surface area contributed by atoms with Gasteiger partial charge >= 0.3 is 0 Å². The van der Waals surface area contributed by atoms with Crippen LogP contribution in [-0.2, 0) is 0 Å². The summed E-state index contributed by atoms with van der Waals surface area (Å²) < 4.78 is 5.23. The molecule has 152 valence electrons. The maximum Gasteiger partial charge on any atom is 0.258 e. The highest BCUT2D eigenvalue weighted by atomic mass is 16.5. The maximum absolute atomic E-state index is 12.9. The number of rotatable bonds is 5. The van der Waals surface area contributed by atoms with Gasteiger partial charge in [-0.15, -0.1) is 0 Å². The fourth-order valence-electron chi connectivity index (χ4n) is 3.92. The molecule has 7 nitrogen and oxygen atoms in total. The molecule has 29 heavy (non-hydrogen) atoms. The van der Waals surface area contributed by atoms with Gasteiger partial charge in [-0.25, -0.2) is 4.98 Å². The summed E-state index contributed by atoms with van der Waals surface area (Å²) in [4.78, 5) is 22.0. The van der Waals surface area contributed by atoms with Crippen molar-refractivity contribution in [3.8, 4) is 0 Å². The van der Waals surface area contributed by atoms with Gasteiger partial charge in [0.05, 0.1) is 16.6 Å². The van der Waals surface area contributed by atoms with Crippen LogP contribution in [0.1, 0.15) is 28.7 Å². The molecule has 1 aromatic carbocycles.